The lowest BCUT2D eigenvalue weighted by molar-refractivity contribution is -0.138. The van der Waals surface area contributed by atoms with Crippen LogP contribution in [0.3, 0.4) is 0 Å². The monoisotopic (exact) mass is 154 g/mol. The fourth-order valence-corrected chi connectivity index (χ4v) is 0.909. The molecule has 0 atom stereocenters. The van der Waals surface area contributed by atoms with Crippen LogP contribution in [0, 0.1) is 5.92 Å². The van der Waals surface area contributed by atoms with E-state index in [0.717, 1.165) is 0 Å². The molecule has 0 fully saturated rings. The first-order chi connectivity index (χ1) is 5.24. The lowest BCUT2D eigenvalue weighted by Crippen LogP contribution is -2.14. The minimum absolute atomic E-state index is 0.0643. The summed E-state index contributed by atoms with van der Waals surface area (Å²) in [7, 11) is 1.58. The van der Waals surface area contributed by atoms with E-state index in [1.165, 1.54) is 0 Å². The van der Waals surface area contributed by atoms with Crippen LogP contribution < -0.4 is 0 Å². The van der Waals surface area contributed by atoms with Crippen molar-refractivity contribution in [2.45, 2.75) is 6.10 Å². The van der Waals surface area contributed by atoms with Crippen molar-refractivity contribution in [1.82, 2.24) is 0 Å². The Bertz CT molecular complexity index is 191. The number of rotatable bonds is 2. The summed E-state index contributed by atoms with van der Waals surface area (Å²) in [5, 5.41) is 8.55. The predicted octanol–water partition coefficient (Wildman–Crippen LogP) is 0.828. The standard InChI is InChI=1S/C8H10O3/c1-11-7-4-2-6(3-5-7)8(9)10/h2-7H,1H3,(H,9,10). The first kappa shape index (κ1) is 8.01. The minimum Gasteiger partial charge on any atom is -0.481 e. The van der Waals surface area contributed by atoms with E-state index < -0.39 is 11.9 Å². The maximum atomic E-state index is 10.4. The Kier molecular flexibility index (Phi) is 2.44. The maximum Gasteiger partial charge on any atom is 0.314 e. The van der Waals surface area contributed by atoms with Gasteiger partial charge in [-0.05, 0) is 0 Å². The number of carbonyl (C=O) groups is 1. The smallest absolute Gasteiger partial charge is 0.314 e. The summed E-state index contributed by atoms with van der Waals surface area (Å²) in [6.07, 6.45) is 6.65. The van der Waals surface area contributed by atoms with Gasteiger partial charge in [0.25, 0.3) is 0 Å². The van der Waals surface area contributed by atoms with Crippen molar-refractivity contribution in [2.24, 2.45) is 5.92 Å². The first-order valence-corrected chi connectivity index (χ1v) is 3.36. The fraction of sp³-hybridized carbons (Fsp3) is 0.375. The molecule has 0 aromatic rings. The van der Waals surface area contributed by atoms with Crippen LogP contribution in [0.1, 0.15) is 0 Å². The van der Waals surface area contributed by atoms with Crippen molar-refractivity contribution in [3.8, 4) is 0 Å². The van der Waals surface area contributed by atoms with Crippen molar-refractivity contribution in [3.05, 3.63) is 24.3 Å². The van der Waals surface area contributed by atoms with Crippen molar-refractivity contribution in [3.63, 3.8) is 0 Å². The average Bonchev–Trinajstić information content (AvgIpc) is 2.05. The third-order valence-corrected chi connectivity index (χ3v) is 1.57. The summed E-state index contributed by atoms with van der Waals surface area (Å²) in [6.45, 7) is 0. The zero-order valence-corrected chi connectivity index (χ0v) is 6.23. The largest absolute Gasteiger partial charge is 0.481 e. The molecule has 0 saturated heterocycles. The molecule has 0 heterocycles. The van der Waals surface area contributed by atoms with Gasteiger partial charge in [0.15, 0.2) is 0 Å². The number of aliphatic carboxylic acids is 1. The molecule has 0 bridgehead atoms. The molecule has 0 aromatic heterocycles. The van der Waals surface area contributed by atoms with E-state index in [4.69, 9.17) is 9.84 Å². The zero-order chi connectivity index (χ0) is 8.27. The molecule has 1 rings (SSSR count). The molecule has 0 unspecified atom stereocenters. The van der Waals surface area contributed by atoms with Crippen LogP contribution in [-0.4, -0.2) is 24.3 Å². The van der Waals surface area contributed by atoms with Crippen molar-refractivity contribution < 1.29 is 14.6 Å². The minimum atomic E-state index is -0.827. The molecule has 0 saturated carbocycles. The Morgan fingerprint density at radius 2 is 1.91 bits per heavy atom. The van der Waals surface area contributed by atoms with Gasteiger partial charge in [0.05, 0.1) is 12.0 Å². The van der Waals surface area contributed by atoms with Gasteiger partial charge in [-0.3, -0.25) is 4.79 Å². The van der Waals surface area contributed by atoms with Gasteiger partial charge in [-0.15, -0.1) is 0 Å². The summed E-state index contributed by atoms with van der Waals surface area (Å²) in [5.41, 5.74) is 0. The van der Waals surface area contributed by atoms with Crippen molar-refractivity contribution in [1.29, 1.82) is 0 Å². The van der Waals surface area contributed by atoms with Crippen molar-refractivity contribution in [2.75, 3.05) is 7.11 Å². The normalized spacial score (nSPS) is 28.8. The van der Waals surface area contributed by atoms with E-state index in [9.17, 15) is 4.79 Å². The molecule has 3 nitrogen and oxygen atoms in total. The second-order valence-corrected chi connectivity index (χ2v) is 2.33. The second-order valence-electron chi connectivity index (χ2n) is 2.33. The fourth-order valence-electron chi connectivity index (χ4n) is 0.909. The third kappa shape index (κ3) is 1.91. The van der Waals surface area contributed by atoms with Crippen LogP contribution in [0.15, 0.2) is 24.3 Å². The molecular weight excluding hydrogens is 144 g/mol. The lowest BCUT2D eigenvalue weighted by Gasteiger charge is -2.11. The molecule has 0 aliphatic heterocycles. The van der Waals surface area contributed by atoms with E-state index >= 15 is 0 Å². The molecule has 1 N–H and O–H groups in total. The topological polar surface area (TPSA) is 46.5 Å². The quantitative estimate of drug-likeness (QED) is 0.599. The summed E-state index contributed by atoms with van der Waals surface area (Å²) in [6, 6.07) is 0. The van der Waals surface area contributed by atoms with Crippen LogP contribution in [0.4, 0.5) is 0 Å². The molecular formula is C8H10O3. The van der Waals surface area contributed by atoms with E-state index in [1.807, 2.05) is 0 Å². The Morgan fingerprint density at radius 3 is 2.27 bits per heavy atom. The molecule has 1 aliphatic rings. The second kappa shape index (κ2) is 3.34. The van der Waals surface area contributed by atoms with Gasteiger partial charge in [-0.2, -0.15) is 0 Å². The van der Waals surface area contributed by atoms with Crippen LogP contribution in [0.2, 0.25) is 0 Å². The van der Waals surface area contributed by atoms with E-state index in [-0.39, 0.29) is 6.10 Å². The maximum absolute atomic E-state index is 10.4. The number of hydrogen-bond acceptors (Lipinski definition) is 2. The molecule has 60 valence electrons. The first-order valence-electron chi connectivity index (χ1n) is 3.36. The van der Waals surface area contributed by atoms with Crippen LogP contribution in [-0.2, 0) is 9.53 Å². The van der Waals surface area contributed by atoms with E-state index in [1.54, 1.807) is 31.4 Å². The number of methoxy groups -OCH3 is 1. The Morgan fingerprint density at radius 1 is 1.36 bits per heavy atom. The summed E-state index contributed by atoms with van der Waals surface area (Å²) in [4.78, 5) is 10.4. The Labute approximate surface area is 65.0 Å². The molecule has 0 aromatic carbocycles. The van der Waals surface area contributed by atoms with Gasteiger partial charge in [0.1, 0.15) is 0 Å². The van der Waals surface area contributed by atoms with Gasteiger partial charge in [0.2, 0.25) is 0 Å². The van der Waals surface area contributed by atoms with Crippen LogP contribution in [0.25, 0.3) is 0 Å². The Hall–Kier alpha value is -1.09. The predicted molar refractivity (Wildman–Crippen MR) is 40.2 cm³/mol. The third-order valence-electron chi connectivity index (χ3n) is 1.57. The van der Waals surface area contributed by atoms with Gasteiger partial charge in [0, 0.05) is 7.11 Å². The molecule has 0 spiro atoms. The van der Waals surface area contributed by atoms with Crippen LogP contribution in [0.5, 0.6) is 0 Å². The number of ether oxygens (including phenoxy) is 1. The SMILES string of the molecule is COC1C=CC(C(=O)O)C=C1. The molecule has 3 heteroatoms. The molecule has 0 amide bonds. The number of hydrogen-bond donors (Lipinski definition) is 1. The summed E-state index contributed by atoms with van der Waals surface area (Å²) in [5.74, 6) is -1.31. The highest BCUT2D eigenvalue weighted by Crippen LogP contribution is 2.11. The van der Waals surface area contributed by atoms with Gasteiger partial charge >= 0.3 is 5.97 Å². The average molecular weight is 154 g/mol. The number of carboxylic acid groups (broad SMARTS) is 1. The highest BCUT2D eigenvalue weighted by atomic mass is 16.5. The molecule has 0 radical (unpaired) electrons. The summed E-state index contributed by atoms with van der Waals surface area (Å²) < 4.78 is 4.95. The lowest BCUT2D eigenvalue weighted by atomic mass is 10.0. The zero-order valence-electron chi connectivity index (χ0n) is 6.23. The molecule has 1 aliphatic carbocycles. The van der Waals surface area contributed by atoms with Crippen LogP contribution >= 0.6 is 0 Å². The highest BCUT2D eigenvalue weighted by Gasteiger charge is 2.14. The van der Waals surface area contributed by atoms with E-state index in [2.05, 4.69) is 0 Å². The van der Waals surface area contributed by atoms with Gasteiger partial charge in [-0.25, -0.2) is 0 Å². The van der Waals surface area contributed by atoms with Gasteiger partial charge in [-0.1, -0.05) is 24.3 Å². The van der Waals surface area contributed by atoms with Crippen molar-refractivity contribution >= 4 is 5.97 Å². The van der Waals surface area contributed by atoms with Gasteiger partial charge < -0.3 is 9.84 Å². The molecule has 11 heavy (non-hydrogen) atoms. The Balaban J connectivity index is 2.57. The highest BCUT2D eigenvalue weighted by molar-refractivity contribution is 5.74. The number of carboxylic acids is 1. The van der Waals surface area contributed by atoms with E-state index in [0.29, 0.717) is 0 Å². The summed E-state index contributed by atoms with van der Waals surface area (Å²) >= 11 is 0.